The van der Waals surface area contributed by atoms with Crippen LogP contribution in [-0.4, -0.2) is 16.8 Å². The molecule has 0 unspecified atom stereocenters. The topological polar surface area (TPSA) is 29.9 Å². The second-order valence-corrected chi connectivity index (χ2v) is 4.91. The minimum absolute atomic E-state index is 0.197. The van der Waals surface area contributed by atoms with Gasteiger partial charge in [-0.05, 0) is 51.1 Å². The molecule has 3 nitrogen and oxygen atoms in total. The third kappa shape index (κ3) is 2.84. The summed E-state index contributed by atoms with van der Waals surface area (Å²) in [5.74, 6) is -0.197. The molecule has 2 rings (SSSR count). The van der Waals surface area contributed by atoms with Gasteiger partial charge in [0, 0.05) is 17.8 Å². The van der Waals surface area contributed by atoms with Crippen LogP contribution < -0.4 is 5.32 Å². The van der Waals surface area contributed by atoms with E-state index in [1.54, 1.807) is 6.07 Å². The number of hydrogen-bond donors (Lipinski definition) is 1. The Morgan fingerprint density at radius 1 is 1.26 bits per heavy atom. The first-order valence-corrected chi connectivity index (χ1v) is 6.45. The average Bonchev–Trinajstić information content (AvgIpc) is 2.62. The molecule has 102 valence electrons. The lowest BCUT2D eigenvalue weighted by Gasteiger charge is -2.08. The lowest BCUT2D eigenvalue weighted by atomic mass is 10.1. The van der Waals surface area contributed by atoms with Gasteiger partial charge in [-0.2, -0.15) is 5.10 Å². The maximum absolute atomic E-state index is 13.3. The van der Waals surface area contributed by atoms with Crippen LogP contribution in [0.25, 0.3) is 0 Å². The number of benzene rings is 1. The number of nitrogens with zero attached hydrogens (tertiary/aromatic N) is 2. The molecular formula is C15H20FN3. The summed E-state index contributed by atoms with van der Waals surface area (Å²) in [6, 6.07) is 4.89. The van der Waals surface area contributed by atoms with Crippen molar-refractivity contribution in [1.29, 1.82) is 0 Å². The van der Waals surface area contributed by atoms with E-state index in [2.05, 4.69) is 17.3 Å². The molecule has 0 radical (unpaired) electrons. The number of hydrogen-bond acceptors (Lipinski definition) is 2. The van der Waals surface area contributed by atoms with Crippen LogP contribution in [-0.2, 0) is 13.1 Å². The molecule has 0 saturated heterocycles. The van der Waals surface area contributed by atoms with Crippen molar-refractivity contribution in [2.75, 3.05) is 7.05 Å². The van der Waals surface area contributed by atoms with Gasteiger partial charge in [-0.3, -0.25) is 4.68 Å². The molecule has 0 fully saturated rings. The molecule has 0 spiro atoms. The first-order valence-electron chi connectivity index (χ1n) is 6.45. The number of nitrogens with one attached hydrogen (secondary N) is 1. The van der Waals surface area contributed by atoms with Crippen LogP contribution in [0.3, 0.4) is 0 Å². The number of rotatable bonds is 4. The van der Waals surface area contributed by atoms with Crippen LogP contribution in [0.4, 0.5) is 4.39 Å². The monoisotopic (exact) mass is 261 g/mol. The van der Waals surface area contributed by atoms with E-state index < -0.39 is 0 Å². The highest BCUT2D eigenvalue weighted by Gasteiger charge is 2.11. The predicted molar refractivity (Wildman–Crippen MR) is 74.7 cm³/mol. The Bertz CT molecular complexity index is 587. The summed E-state index contributed by atoms with van der Waals surface area (Å²) in [7, 11) is 1.92. The highest BCUT2D eigenvalue weighted by atomic mass is 19.1. The molecular weight excluding hydrogens is 241 g/mol. The van der Waals surface area contributed by atoms with Crippen molar-refractivity contribution in [1.82, 2.24) is 15.1 Å². The molecule has 19 heavy (non-hydrogen) atoms. The van der Waals surface area contributed by atoms with Gasteiger partial charge in [0.2, 0.25) is 0 Å². The molecule has 0 aliphatic heterocycles. The third-order valence-corrected chi connectivity index (χ3v) is 3.52. The van der Waals surface area contributed by atoms with Gasteiger partial charge in [0.05, 0.1) is 12.2 Å². The number of aromatic nitrogens is 2. The van der Waals surface area contributed by atoms with E-state index in [9.17, 15) is 4.39 Å². The third-order valence-electron chi connectivity index (χ3n) is 3.52. The van der Waals surface area contributed by atoms with E-state index in [4.69, 9.17) is 0 Å². The Hall–Kier alpha value is -1.68. The Balaban J connectivity index is 2.33. The largest absolute Gasteiger partial charge is 0.316 e. The van der Waals surface area contributed by atoms with E-state index in [0.717, 1.165) is 29.1 Å². The van der Waals surface area contributed by atoms with Gasteiger partial charge in [0.25, 0.3) is 0 Å². The standard InChI is InChI=1S/C15H20FN3/c1-10-5-6-14(16)7-13(10)9-19-12(3)15(8-17-4)11(2)18-19/h5-7,17H,8-9H2,1-4H3. The second-order valence-electron chi connectivity index (χ2n) is 4.91. The van der Waals surface area contributed by atoms with E-state index in [-0.39, 0.29) is 5.82 Å². The van der Waals surface area contributed by atoms with Gasteiger partial charge in [-0.1, -0.05) is 6.07 Å². The molecule has 0 bridgehead atoms. The van der Waals surface area contributed by atoms with E-state index in [1.165, 1.54) is 11.6 Å². The fourth-order valence-corrected chi connectivity index (χ4v) is 2.29. The summed E-state index contributed by atoms with van der Waals surface area (Å²) in [5.41, 5.74) is 5.44. The first-order chi connectivity index (χ1) is 9.02. The fraction of sp³-hybridized carbons (Fsp3) is 0.400. The summed E-state index contributed by atoms with van der Waals surface area (Å²) >= 11 is 0. The fourth-order valence-electron chi connectivity index (χ4n) is 2.29. The Kier molecular flexibility index (Phi) is 4.00. The Morgan fingerprint density at radius 2 is 2.00 bits per heavy atom. The Morgan fingerprint density at radius 3 is 2.68 bits per heavy atom. The second kappa shape index (κ2) is 5.53. The van der Waals surface area contributed by atoms with E-state index >= 15 is 0 Å². The van der Waals surface area contributed by atoms with Crippen molar-refractivity contribution >= 4 is 0 Å². The maximum atomic E-state index is 13.3. The van der Waals surface area contributed by atoms with Gasteiger partial charge in [0.1, 0.15) is 5.82 Å². The van der Waals surface area contributed by atoms with E-state index in [1.807, 2.05) is 31.6 Å². The van der Waals surface area contributed by atoms with Crippen molar-refractivity contribution in [3.63, 3.8) is 0 Å². The van der Waals surface area contributed by atoms with Crippen LogP contribution in [0.15, 0.2) is 18.2 Å². The zero-order chi connectivity index (χ0) is 14.0. The summed E-state index contributed by atoms with van der Waals surface area (Å²) in [5, 5.41) is 7.70. The van der Waals surface area contributed by atoms with Gasteiger partial charge in [-0.25, -0.2) is 4.39 Å². The molecule has 2 aromatic rings. The molecule has 0 aliphatic carbocycles. The Labute approximate surface area is 113 Å². The van der Waals surface area contributed by atoms with E-state index in [0.29, 0.717) is 6.54 Å². The van der Waals surface area contributed by atoms with Gasteiger partial charge in [-0.15, -0.1) is 0 Å². The normalized spacial score (nSPS) is 11.0. The summed E-state index contributed by atoms with van der Waals surface area (Å²) in [6.45, 7) is 7.48. The molecule has 1 aromatic heterocycles. The molecule has 1 N–H and O–H groups in total. The predicted octanol–water partition coefficient (Wildman–Crippen LogP) is 2.72. The minimum Gasteiger partial charge on any atom is -0.316 e. The zero-order valence-corrected chi connectivity index (χ0v) is 11.9. The minimum atomic E-state index is -0.197. The molecule has 1 heterocycles. The first kappa shape index (κ1) is 13.7. The lowest BCUT2D eigenvalue weighted by molar-refractivity contribution is 0.613. The van der Waals surface area contributed by atoms with Crippen LogP contribution in [0.2, 0.25) is 0 Å². The van der Waals surface area contributed by atoms with Gasteiger partial charge < -0.3 is 5.32 Å². The van der Waals surface area contributed by atoms with Gasteiger partial charge in [0.15, 0.2) is 0 Å². The van der Waals surface area contributed by atoms with Crippen LogP contribution >= 0.6 is 0 Å². The van der Waals surface area contributed by atoms with Crippen LogP contribution in [0, 0.1) is 26.6 Å². The van der Waals surface area contributed by atoms with Crippen molar-refractivity contribution in [2.45, 2.75) is 33.9 Å². The summed E-state index contributed by atoms with van der Waals surface area (Å²) < 4.78 is 15.3. The number of aryl methyl sites for hydroxylation is 2. The zero-order valence-electron chi connectivity index (χ0n) is 11.9. The molecule has 0 amide bonds. The molecule has 0 atom stereocenters. The highest BCUT2D eigenvalue weighted by molar-refractivity contribution is 5.29. The smallest absolute Gasteiger partial charge is 0.123 e. The highest BCUT2D eigenvalue weighted by Crippen LogP contribution is 2.17. The van der Waals surface area contributed by atoms with Crippen LogP contribution in [0.5, 0.6) is 0 Å². The van der Waals surface area contributed by atoms with Crippen LogP contribution in [0.1, 0.15) is 28.1 Å². The van der Waals surface area contributed by atoms with Crippen molar-refractivity contribution < 1.29 is 4.39 Å². The summed E-state index contributed by atoms with van der Waals surface area (Å²) in [6.07, 6.45) is 0. The molecule has 0 saturated carbocycles. The van der Waals surface area contributed by atoms with Crippen molar-refractivity contribution in [3.8, 4) is 0 Å². The maximum Gasteiger partial charge on any atom is 0.123 e. The molecule has 0 aliphatic rings. The lowest BCUT2D eigenvalue weighted by Crippen LogP contribution is -2.09. The average molecular weight is 261 g/mol. The van der Waals surface area contributed by atoms with Crippen molar-refractivity contribution in [2.24, 2.45) is 0 Å². The molecule has 4 heteroatoms. The SMILES string of the molecule is CNCc1c(C)nn(Cc2cc(F)ccc2C)c1C. The summed E-state index contributed by atoms with van der Waals surface area (Å²) in [4.78, 5) is 0. The number of halogens is 1. The van der Waals surface area contributed by atoms with Crippen molar-refractivity contribution in [3.05, 3.63) is 52.1 Å². The van der Waals surface area contributed by atoms with Gasteiger partial charge >= 0.3 is 0 Å². The quantitative estimate of drug-likeness (QED) is 0.917. The molecule has 1 aromatic carbocycles.